The van der Waals surface area contributed by atoms with Crippen LogP contribution in [0.2, 0.25) is 0 Å². The molecule has 776 valence electrons. The molecule has 0 spiro atoms. The van der Waals surface area contributed by atoms with Crippen molar-refractivity contribution in [1.29, 1.82) is 0 Å². The number of rotatable bonds is 41. The number of hydrogen-bond acceptors (Lipinski definition) is 47. The Morgan fingerprint density at radius 2 is 0.655 bits per heavy atom. The summed E-state index contributed by atoms with van der Waals surface area (Å²) in [7, 11) is -30.3. The van der Waals surface area contributed by atoms with Crippen molar-refractivity contribution in [2.75, 3.05) is 88.3 Å². The van der Waals surface area contributed by atoms with Crippen LogP contribution in [0.3, 0.4) is 0 Å². The third-order valence-corrected chi connectivity index (χ3v) is 29.6. The maximum atomic E-state index is 14.9. The Hall–Kier alpha value is -11.5. The van der Waals surface area contributed by atoms with E-state index in [4.69, 9.17) is 127 Å². The molecule has 6 saturated heterocycles. The van der Waals surface area contributed by atoms with Crippen molar-refractivity contribution in [2.24, 2.45) is 0 Å². The molecule has 7 unspecified atom stereocenters. The molecule has 6 aliphatic rings. The number of methoxy groups -OCH3 is 2. The third-order valence-electron chi connectivity index (χ3n) is 24.0. The van der Waals surface area contributed by atoms with Gasteiger partial charge in [0.25, 0.3) is 5.56 Å². The van der Waals surface area contributed by atoms with Gasteiger partial charge < -0.3 is 111 Å². The second-order valence-corrected chi connectivity index (χ2v) is 41.5. The van der Waals surface area contributed by atoms with E-state index < -0.39 is 263 Å². The lowest BCUT2D eigenvalue weighted by atomic mass is 9.80. The molecule has 0 radical (unpaired) electrons. The Balaban J connectivity index is 0.579. The normalized spacial score (nSPS) is 26.7. The molecule has 6 fully saturated rings. The number of phosphoric acid groups is 6. The molecule has 61 nitrogen and oxygen atoms in total. The molecular weight excluding hydrogens is 2050 g/mol. The number of fused-ring (bicyclic) bond motifs is 3. The summed E-state index contributed by atoms with van der Waals surface area (Å²) in [6, 6.07) is 26.9. The van der Waals surface area contributed by atoms with Crippen molar-refractivity contribution in [3.8, 4) is 11.5 Å². The van der Waals surface area contributed by atoms with E-state index in [-0.39, 0.29) is 69.0 Å². The van der Waals surface area contributed by atoms with E-state index in [9.17, 15) is 80.8 Å². The fourth-order valence-electron chi connectivity index (χ4n) is 17.3. The van der Waals surface area contributed by atoms with E-state index in [0.29, 0.717) is 28.2 Å². The van der Waals surface area contributed by atoms with Gasteiger partial charge in [0, 0.05) is 57.1 Å². The summed E-state index contributed by atoms with van der Waals surface area (Å²) in [5.74, 6) is -0.0668. The molecule has 145 heavy (non-hydrogen) atoms. The molecule has 0 aliphatic carbocycles. The second kappa shape index (κ2) is 42.0. The zero-order chi connectivity index (χ0) is 103. The van der Waals surface area contributed by atoms with Gasteiger partial charge in [0.1, 0.15) is 169 Å². The van der Waals surface area contributed by atoms with Gasteiger partial charge in [0.2, 0.25) is 5.95 Å². The molecule has 0 amide bonds. The first-order chi connectivity index (χ1) is 69.0. The Morgan fingerprint density at radius 3 is 0.972 bits per heavy atom. The maximum Gasteiger partial charge on any atom is 0.472 e. The van der Waals surface area contributed by atoms with Gasteiger partial charge in [-0.15, -0.1) is 0 Å². The first-order valence-corrected chi connectivity index (χ1v) is 52.6. The predicted octanol–water partition coefficient (Wildman–Crippen LogP) is 2.80. The number of nitrogen functional groups attached to an aromatic ring is 6. The van der Waals surface area contributed by atoms with Gasteiger partial charge in [-0.25, -0.2) is 76.7 Å². The van der Waals surface area contributed by atoms with Gasteiger partial charge in [0.05, 0.1) is 72.8 Å². The lowest BCUT2D eigenvalue weighted by Crippen LogP contribution is -2.38. The molecule has 3 aromatic carbocycles. The molecule has 20 N–H and O–H groups in total. The minimum absolute atomic E-state index is 0.0332. The summed E-state index contributed by atoms with van der Waals surface area (Å²) in [4.78, 5) is 178. The van der Waals surface area contributed by atoms with Crippen LogP contribution in [0.15, 0.2) is 166 Å². The summed E-state index contributed by atoms with van der Waals surface area (Å²) in [6.45, 7) is -5.82. The van der Waals surface area contributed by atoms with E-state index >= 15 is 0 Å². The number of ether oxygens (including phenoxy) is 9. The predicted molar refractivity (Wildman–Crippen MR) is 490 cm³/mol. The molecule has 6 aliphatic heterocycles. The zero-order valence-corrected chi connectivity index (χ0v) is 80.7. The average Bonchev–Trinajstić information content (AvgIpc) is 1.68. The highest BCUT2D eigenvalue weighted by atomic mass is 31.2. The van der Waals surface area contributed by atoms with E-state index in [1.165, 1.54) is 65.0 Å². The first kappa shape index (κ1) is 104. The molecule has 0 bridgehead atoms. The quantitative estimate of drug-likeness (QED) is 0.0193. The monoisotopic (exact) mass is 2140 g/mol. The van der Waals surface area contributed by atoms with Gasteiger partial charge in [-0.1, -0.05) is 54.6 Å². The third kappa shape index (κ3) is 23.4. The zero-order valence-electron chi connectivity index (χ0n) is 75.4. The van der Waals surface area contributed by atoms with Crippen LogP contribution in [-0.4, -0.2) is 249 Å². The number of nitrogens with one attached hydrogen (secondary N) is 1. The van der Waals surface area contributed by atoms with Crippen molar-refractivity contribution in [3.63, 3.8) is 0 Å². The topological polar surface area (TPSA) is 840 Å². The summed E-state index contributed by atoms with van der Waals surface area (Å²) in [5, 5.41) is 0. The standard InChI is InChI=1S/C78H92N24O37P6/c1-120-42-12-8-40(9-13-42)78(39-6-4-3-5-7-39,41-10-14-43(121-2)15-11-41)122-28-50-45(23-60(128-50)98-20-17-57(80)93-76(98)105)135-141(110,111)125-31-53-47(25-62(131-53)100-36-89-65-68(82)85-34-87-70(65)100)138-144(116,117)127-33-55-49(27-64(133-55)102-38-91-67-72(102)95-74(84)96-73(67)103)139-145(118,119)126-32-54-48(26-63(132-54)101-37-90-66-69(83)86-35-88-71(66)101)137-143(114,115)124-30-52-46(24-61(130-52)99-21-18-58(81)94-77(99)106)136-142(112,113)123-29-51-44(134-140(107,108)109)22-59(129-51)97-19-16-56(79)92-75(97)104/h3-21,34-38,44-55,59-64H,22-33H2,1-2H3,(H,110,111)(H,112,113)(H,114,115)(H,116,117)(H,118,119)(H2,79,92,104)(H2,80,93,105)(H2,81,94,106)(H2,82,85,87)(H2,83,86,88)(H2,107,108,109)(H3,84,95,96,103)/t44-,45-,46-,47-,48-,49-,50+,51+,52+,53+,54+,55+,59+,60+,61+,62?,63?,64+/m0/s1. The molecule has 12 aromatic rings. The highest BCUT2D eigenvalue weighted by Gasteiger charge is 2.53. The Kier molecular flexibility index (Phi) is 30.0. The molecule has 0 saturated carbocycles. The van der Waals surface area contributed by atoms with Crippen LogP contribution in [0.4, 0.5) is 35.0 Å². The number of phosphoric ester groups is 6. The minimum Gasteiger partial charge on any atom is -0.497 e. The van der Waals surface area contributed by atoms with Crippen molar-refractivity contribution >= 4 is 115 Å². The number of H-pyrrole nitrogens is 1. The Morgan fingerprint density at radius 1 is 0.359 bits per heavy atom. The molecule has 67 heteroatoms. The summed E-state index contributed by atoms with van der Waals surface area (Å²) >= 11 is 0. The molecule has 9 aromatic heterocycles. The number of anilines is 6. The molecular formula is C78H92N24O37P6. The van der Waals surface area contributed by atoms with Gasteiger partial charge >= 0.3 is 64.0 Å². The second-order valence-electron chi connectivity index (χ2n) is 33.2. The number of aromatic nitrogens is 18. The van der Waals surface area contributed by atoms with Gasteiger partial charge in [0.15, 0.2) is 34.1 Å². The van der Waals surface area contributed by atoms with Crippen molar-refractivity contribution < 1.29 is 154 Å². The number of hydrogen-bond donors (Lipinski definition) is 14. The highest BCUT2D eigenvalue weighted by molar-refractivity contribution is 7.48. The maximum absolute atomic E-state index is 14.9. The van der Waals surface area contributed by atoms with E-state index in [1.54, 1.807) is 60.7 Å². The fraction of sp³-hybridized carbons (Fsp3) is 0.423. The number of aromatic amines is 1. The van der Waals surface area contributed by atoms with Crippen LogP contribution in [0.25, 0.3) is 33.5 Å². The van der Waals surface area contributed by atoms with Crippen molar-refractivity contribution in [3.05, 3.63) is 206 Å². The van der Waals surface area contributed by atoms with Crippen molar-refractivity contribution in [1.82, 2.24) is 87.2 Å². The Bertz CT molecular complexity index is 7270. The van der Waals surface area contributed by atoms with Crippen LogP contribution < -0.4 is 66.5 Å². The van der Waals surface area contributed by atoms with Crippen LogP contribution in [0, 0.1) is 0 Å². The smallest absolute Gasteiger partial charge is 0.472 e. The van der Waals surface area contributed by atoms with E-state index in [1.807, 2.05) is 18.2 Å². The van der Waals surface area contributed by atoms with Crippen molar-refractivity contribution in [2.45, 2.75) is 155 Å². The number of nitrogens with two attached hydrogens (primary N) is 6. The van der Waals surface area contributed by atoms with E-state index in [2.05, 4.69) is 59.8 Å². The number of nitrogens with zero attached hydrogens (tertiary/aromatic N) is 17. The SMILES string of the molecule is COc1ccc(C(OC[C@H]2O[C@@H](n3ccc(N)nc3=O)C[C@@H]2OP(=O)(O)OC[C@H]2OC(n3cnc4c(N)ncnc43)C[C@@H]2OP(=O)(O)OC[C@H]2O[C@@H](n3cnc4c(=O)[nH]c(N)nc43)C[C@@H]2OP(=O)(O)OC[C@H]2OC(n3cnc4c(N)ncnc43)C[C@@H]2OP(=O)(O)OC[C@H]2O[C@@H](n3ccc(N)nc3=O)C[C@@H]2OP(=O)(O)OC[C@H]2O[C@@H](n3ccc(N)nc3=O)C[C@@H]2OP(=O)(O)O)(c2ccccc2)c2ccc(OC)cc2)cc1. The average molecular weight is 2140 g/mol. The largest absolute Gasteiger partial charge is 0.497 e. The molecule has 23 atom stereocenters. The van der Waals surface area contributed by atoms with Crippen LogP contribution in [0.5, 0.6) is 11.5 Å². The van der Waals surface area contributed by atoms with Crippen LogP contribution in [0.1, 0.15) is 92.6 Å². The van der Waals surface area contributed by atoms with Gasteiger partial charge in [-0.05, 0) is 59.2 Å². The summed E-state index contributed by atoms with van der Waals surface area (Å²) in [5.41, 5.74) is 32.0. The fourth-order valence-corrected chi connectivity index (χ4v) is 22.7. The molecule has 15 heterocycles. The van der Waals surface area contributed by atoms with Crippen LogP contribution in [-0.2, 0) is 116 Å². The van der Waals surface area contributed by atoms with E-state index in [0.717, 1.165) is 45.1 Å². The van der Waals surface area contributed by atoms with Gasteiger partial charge in [-0.2, -0.15) is 19.9 Å². The van der Waals surface area contributed by atoms with Crippen LogP contribution >= 0.6 is 46.9 Å². The summed E-state index contributed by atoms with van der Waals surface area (Å²) < 4.78 is 209. The highest BCUT2D eigenvalue weighted by Crippen LogP contribution is 2.58. The Labute approximate surface area is 813 Å². The molecule has 18 rings (SSSR count). The summed E-state index contributed by atoms with van der Waals surface area (Å²) in [6.07, 6.45) is -21.7. The lowest BCUT2D eigenvalue weighted by Gasteiger charge is -2.37. The first-order valence-electron chi connectivity index (χ1n) is 43.6. The minimum atomic E-state index is -5.69. The number of benzene rings is 3. The lowest BCUT2D eigenvalue weighted by molar-refractivity contribution is -0.0951. The number of imidazole rings is 3. The van der Waals surface area contributed by atoms with Gasteiger partial charge in [-0.3, -0.25) is 86.9 Å².